The van der Waals surface area contributed by atoms with E-state index >= 15 is 0 Å². The number of anilines is 1. The third-order valence-electron chi connectivity index (χ3n) is 2.56. The van der Waals surface area contributed by atoms with Crippen LogP contribution in [0.5, 0.6) is 0 Å². The SMILES string of the molecule is COC(=O)c1cc([N+](=O)[O-])c(NCCC(C)O)cc1Cl. The molecule has 0 aromatic heterocycles. The van der Waals surface area contributed by atoms with Crippen LogP contribution in [0.1, 0.15) is 23.7 Å². The summed E-state index contributed by atoms with van der Waals surface area (Å²) in [5.74, 6) is -0.742. The number of esters is 1. The van der Waals surface area contributed by atoms with Crippen molar-refractivity contribution in [3.05, 3.63) is 32.8 Å². The van der Waals surface area contributed by atoms with Gasteiger partial charge < -0.3 is 15.2 Å². The van der Waals surface area contributed by atoms with Crippen LogP contribution in [-0.4, -0.2) is 35.8 Å². The summed E-state index contributed by atoms with van der Waals surface area (Å²) in [7, 11) is 1.17. The molecule has 0 aliphatic rings. The van der Waals surface area contributed by atoms with E-state index in [0.717, 1.165) is 6.07 Å². The first kappa shape index (κ1) is 16.2. The maximum absolute atomic E-state index is 11.4. The standard InChI is InChI=1S/C12H15ClN2O5/c1-7(16)3-4-14-10-6-9(13)8(12(17)20-2)5-11(10)15(18)19/h5-7,14,16H,3-4H2,1-2H3. The molecule has 0 saturated heterocycles. The predicted octanol–water partition coefficient (Wildman–Crippen LogP) is 2.22. The Morgan fingerprint density at radius 2 is 2.25 bits per heavy atom. The highest BCUT2D eigenvalue weighted by molar-refractivity contribution is 6.34. The molecule has 0 aliphatic carbocycles. The number of carbonyl (C=O) groups is 1. The fraction of sp³-hybridized carbons (Fsp3) is 0.417. The number of ether oxygens (including phenoxy) is 1. The summed E-state index contributed by atoms with van der Waals surface area (Å²) in [6.45, 7) is 1.95. The first-order valence-corrected chi connectivity index (χ1v) is 6.22. The highest BCUT2D eigenvalue weighted by Gasteiger charge is 2.21. The molecule has 0 amide bonds. The predicted molar refractivity (Wildman–Crippen MR) is 74.2 cm³/mol. The number of hydrogen-bond donors (Lipinski definition) is 2. The smallest absolute Gasteiger partial charge is 0.339 e. The lowest BCUT2D eigenvalue weighted by atomic mass is 10.1. The lowest BCUT2D eigenvalue weighted by molar-refractivity contribution is -0.384. The van der Waals surface area contributed by atoms with E-state index in [0.29, 0.717) is 13.0 Å². The third-order valence-corrected chi connectivity index (χ3v) is 2.88. The average Bonchev–Trinajstić information content (AvgIpc) is 2.37. The number of rotatable bonds is 6. The summed E-state index contributed by atoms with van der Waals surface area (Å²) in [4.78, 5) is 21.8. The molecule has 0 aliphatic heterocycles. The molecule has 0 bridgehead atoms. The van der Waals surface area contributed by atoms with E-state index in [1.165, 1.54) is 13.2 Å². The van der Waals surface area contributed by atoms with Crippen molar-refractivity contribution >= 4 is 28.9 Å². The summed E-state index contributed by atoms with van der Waals surface area (Å²) >= 11 is 5.91. The maximum atomic E-state index is 11.4. The van der Waals surface area contributed by atoms with Crippen LogP contribution in [-0.2, 0) is 4.74 Å². The Morgan fingerprint density at radius 3 is 2.75 bits per heavy atom. The van der Waals surface area contributed by atoms with Gasteiger partial charge in [-0.2, -0.15) is 0 Å². The quantitative estimate of drug-likeness (QED) is 0.474. The minimum atomic E-state index is -0.742. The zero-order valence-electron chi connectivity index (χ0n) is 11.1. The molecule has 1 aromatic rings. The van der Waals surface area contributed by atoms with E-state index in [2.05, 4.69) is 10.1 Å². The topological polar surface area (TPSA) is 102 Å². The first-order chi connectivity index (χ1) is 9.36. The van der Waals surface area contributed by atoms with Crippen LogP contribution >= 0.6 is 11.6 Å². The summed E-state index contributed by atoms with van der Waals surface area (Å²) in [6, 6.07) is 2.37. The van der Waals surface area contributed by atoms with Gasteiger partial charge >= 0.3 is 5.97 Å². The molecular formula is C12H15ClN2O5. The molecule has 2 N–H and O–H groups in total. The molecule has 110 valence electrons. The monoisotopic (exact) mass is 302 g/mol. The third kappa shape index (κ3) is 4.07. The Morgan fingerprint density at radius 1 is 1.60 bits per heavy atom. The Balaban J connectivity index is 3.08. The lowest BCUT2D eigenvalue weighted by Gasteiger charge is -2.10. The van der Waals surface area contributed by atoms with Crippen molar-refractivity contribution in [3.8, 4) is 0 Å². The maximum Gasteiger partial charge on any atom is 0.339 e. The fourth-order valence-electron chi connectivity index (χ4n) is 1.54. The van der Waals surface area contributed by atoms with E-state index in [4.69, 9.17) is 16.7 Å². The second-order valence-electron chi connectivity index (χ2n) is 4.16. The van der Waals surface area contributed by atoms with Crippen LogP contribution in [0, 0.1) is 10.1 Å². The Hall–Kier alpha value is -1.86. The van der Waals surface area contributed by atoms with Crippen molar-refractivity contribution in [1.29, 1.82) is 0 Å². The molecule has 0 radical (unpaired) electrons. The molecule has 0 spiro atoms. The van der Waals surface area contributed by atoms with Gasteiger partial charge in [0, 0.05) is 12.6 Å². The molecular weight excluding hydrogens is 288 g/mol. The number of carbonyl (C=O) groups excluding carboxylic acids is 1. The van der Waals surface area contributed by atoms with Crippen LogP contribution in [0.25, 0.3) is 0 Å². The van der Waals surface area contributed by atoms with E-state index in [-0.39, 0.29) is 22.0 Å². The number of benzene rings is 1. The molecule has 1 atom stereocenters. The summed E-state index contributed by atoms with van der Waals surface area (Å²) < 4.78 is 4.50. The van der Waals surface area contributed by atoms with Gasteiger partial charge in [-0.1, -0.05) is 11.6 Å². The number of aliphatic hydroxyl groups is 1. The highest BCUT2D eigenvalue weighted by Crippen LogP contribution is 2.31. The number of methoxy groups -OCH3 is 1. The molecule has 0 fully saturated rings. The summed E-state index contributed by atoms with van der Waals surface area (Å²) in [5, 5.41) is 23.0. The van der Waals surface area contributed by atoms with Crippen molar-refractivity contribution in [1.82, 2.24) is 0 Å². The van der Waals surface area contributed by atoms with Gasteiger partial charge in [0.05, 0.1) is 28.7 Å². The van der Waals surface area contributed by atoms with Gasteiger partial charge in [-0.25, -0.2) is 4.79 Å². The van der Waals surface area contributed by atoms with Gasteiger partial charge in [0.2, 0.25) is 0 Å². The van der Waals surface area contributed by atoms with Crippen molar-refractivity contribution in [2.45, 2.75) is 19.4 Å². The van der Waals surface area contributed by atoms with E-state index < -0.39 is 17.0 Å². The number of hydrogen-bond acceptors (Lipinski definition) is 6. The molecule has 1 aromatic carbocycles. The second-order valence-corrected chi connectivity index (χ2v) is 4.57. The van der Waals surface area contributed by atoms with Crippen molar-refractivity contribution < 1.29 is 19.6 Å². The summed E-state index contributed by atoms with van der Waals surface area (Å²) in [6.07, 6.45) is -0.0977. The first-order valence-electron chi connectivity index (χ1n) is 5.85. The summed E-state index contributed by atoms with van der Waals surface area (Å²) in [5.41, 5.74) is -0.157. The molecule has 8 heteroatoms. The van der Waals surface area contributed by atoms with Gasteiger partial charge in [-0.15, -0.1) is 0 Å². The Bertz CT molecular complexity index is 519. The van der Waals surface area contributed by atoms with E-state index in [1.54, 1.807) is 6.92 Å². The van der Waals surface area contributed by atoms with Gasteiger partial charge in [0.15, 0.2) is 0 Å². The van der Waals surface area contributed by atoms with E-state index in [1.807, 2.05) is 0 Å². The largest absolute Gasteiger partial charge is 0.465 e. The van der Waals surface area contributed by atoms with Crippen LogP contribution in [0.2, 0.25) is 5.02 Å². The highest BCUT2D eigenvalue weighted by atomic mass is 35.5. The molecule has 1 rings (SSSR count). The normalized spacial score (nSPS) is 11.8. The molecule has 20 heavy (non-hydrogen) atoms. The van der Waals surface area contributed by atoms with E-state index in [9.17, 15) is 14.9 Å². The van der Waals surface area contributed by atoms with Crippen LogP contribution in [0.4, 0.5) is 11.4 Å². The minimum absolute atomic E-state index is 0.0574. The van der Waals surface area contributed by atoms with Crippen molar-refractivity contribution in [3.63, 3.8) is 0 Å². The molecule has 0 heterocycles. The average molecular weight is 303 g/mol. The van der Waals surface area contributed by atoms with Crippen molar-refractivity contribution in [2.75, 3.05) is 19.0 Å². The second kappa shape index (κ2) is 7.06. The minimum Gasteiger partial charge on any atom is -0.465 e. The van der Waals surface area contributed by atoms with Crippen LogP contribution < -0.4 is 5.32 Å². The molecule has 1 unspecified atom stereocenters. The number of nitrogens with zero attached hydrogens (tertiary/aromatic N) is 1. The van der Waals surface area contributed by atoms with Gasteiger partial charge in [-0.3, -0.25) is 10.1 Å². The van der Waals surface area contributed by atoms with Crippen molar-refractivity contribution in [2.24, 2.45) is 0 Å². The van der Waals surface area contributed by atoms with Gasteiger partial charge in [0.1, 0.15) is 5.69 Å². The number of aliphatic hydroxyl groups excluding tert-OH is 1. The van der Waals surface area contributed by atoms with Gasteiger partial charge in [0.25, 0.3) is 5.69 Å². The number of nitrogens with one attached hydrogen (secondary N) is 1. The van der Waals surface area contributed by atoms with Crippen LogP contribution in [0.3, 0.4) is 0 Å². The van der Waals surface area contributed by atoms with Gasteiger partial charge in [-0.05, 0) is 19.4 Å². The number of nitro benzene ring substituents is 1. The number of nitro groups is 1. The molecule has 0 saturated carbocycles. The Kier molecular flexibility index (Phi) is 5.72. The zero-order chi connectivity index (χ0) is 15.3. The molecule has 7 nitrogen and oxygen atoms in total. The van der Waals surface area contributed by atoms with Crippen LogP contribution in [0.15, 0.2) is 12.1 Å². The zero-order valence-corrected chi connectivity index (χ0v) is 11.8. The lowest BCUT2D eigenvalue weighted by Crippen LogP contribution is -2.11. The number of halogens is 1. The Labute approximate surface area is 120 Å². The fourth-order valence-corrected chi connectivity index (χ4v) is 1.78.